The number of nitrogens with zero attached hydrogens (tertiary/aromatic N) is 3. The molecule has 0 radical (unpaired) electrons. The molecule has 0 aliphatic carbocycles. The standard InChI is InChI=1S/C26H27N3O5S2/c1-17-6-11-23-24(13-17)35-26(27-23)29(16-21-5-4-12-33-21)25(30)20-7-9-22(10-8-20)36(31,32)28-14-18(2)34-19(3)15-28/h4-13,18-19H,14-16H2,1-3H3. The molecule has 1 fully saturated rings. The molecule has 3 heterocycles. The molecule has 0 bridgehead atoms. The van der Waals surface area contributed by atoms with E-state index >= 15 is 0 Å². The van der Waals surface area contributed by atoms with Gasteiger partial charge in [-0.2, -0.15) is 4.31 Å². The maximum absolute atomic E-state index is 13.6. The van der Waals surface area contributed by atoms with Crippen LogP contribution in [0.1, 0.15) is 35.5 Å². The fourth-order valence-corrected chi connectivity index (χ4v) is 6.97. The number of anilines is 1. The van der Waals surface area contributed by atoms with Gasteiger partial charge in [-0.15, -0.1) is 0 Å². The van der Waals surface area contributed by atoms with Crippen molar-refractivity contribution in [3.8, 4) is 0 Å². The molecule has 10 heteroatoms. The second kappa shape index (κ2) is 9.78. The number of hydrogen-bond acceptors (Lipinski definition) is 7. The van der Waals surface area contributed by atoms with Gasteiger partial charge in [0, 0.05) is 18.7 Å². The van der Waals surface area contributed by atoms with Crippen LogP contribution in [-0.2, 0) is 21.3 Å². The molecular weight excluding hydrogens is 498 g/mol. The Hall–Kier alpha value is -3.05. The van der Waals surface area contributed by atoms with Crippen LogP contribution < -0.4 is 4.90 Å². The van der Waals surface area contributed by atoms with Crippen LogP contribution in [0.15, 0.2) is 70.2 Å². The monoisotopic (exact) mass is 525 g/mol. The number of morpholine rings is 1. The van der Waals surface area contributed by atoms with Gasteiger partial charge in [0.05, 0.1) is 40.1 Å². The first-order valence-electron chi connectivity index (χ1n) is 11.7. The molecule has 2 aromatic carbocycles. The predicted molar refractivity (Wildman–Crippen MR) is 139 cm³/mol. The van der Waals surface area contributed by atoms with Gasteiger partial charge >= 0.3 is 0 Å². The van der Waals surface area contributed by atoms with E-state index < -0.39 is 10.0 Å². The van der Waals surface area contributed by atoms with Crippen molar-refractivity contribution in [3.63, 3.8) is 0 Å². The minimum atomic E-state index is -3.70. The third-order valence-corrected chi connectivity index (χ3v) is 8.91. The Morgan fingerprint density at radius 1 is 1.11 bits per heavy atom. The smallest absolute Gasteiger partial charge is 0.260 e. The van der Waals surface area contributed by atoms with Crippen molar-refractivity contribution in [2.45, 2.75) is 44.4 Å². The van der Waals surface area contributed by atoms with Crippen LogP contribution in [0.25, 0.3) is 10.2 Å². The molecule has 8 nitrogen and oxygen atoms in total. The van der Waals surface area contributed by atoms with E-state index in [0.29, 0.717) is 29.5 Å². The van der Waals surface area contributed by atoms with Crippen molar-refractivity contribution in [3.05, 3.63) is 77.7 Å². The third kappa shape index (κ3) is 4.94. The third-order valence-electron chi connectivity index (χ3n) is 6.03. The molecule has 4 aromatic rings. The second-order valence-corrected chi connectivity index (χ2v) is 12.0. The van der Waals surface area contributed by atoms with Crippen LogP contribution in [0.5, 0.6) is 0 Å². The number of ether oxygens (including phenoxy) is 1. The summed E-state index contributed by atoms with van der Waals surface area (Å²) < 4.78 is 40.0. The van der Waals surface area contributed by atoms with Crippen LogP contribution in [0, 0.1) is 6.92 Å². The summed E-state index contributed by atoms with van der Waals surface area (Å²) >= 11 is 1.43. The fraction of sp³-hybridized carbons (Fsp3) is 0.308. The zero-order valence-corrected chi connectivity index (χ0v) is 21.9. The highest BCUT2D eigenvalue weighted by atomic mass is 32.2. The number of aryl methyl sites for hydroxylation is 1. The van der Waals surface area contributed by atoms with E-state index in [0.717, 1.165) is 15.8 Å². The largest absolute Gasteiger partial charge is 0.467 e. The normalized spacial score (nSPS) is 19.0. The molecule has 1 saturated heterocycles. The van der Waals surface area contributed by atoms with E-state index in [-0.39, 0.29) is 29.6 Å². The Balaban J connectivity index is 1.44. The van der Waals surface area contributed by atoms with E-state index in [9.17, 15) is 13.2 Å². The summed E-state index contributed by atoms with van der Waals surface area (Å²) in [5, 5.41) is 0.546. The number of carbonyl (C=O) groups is 1. The van der Waals surface area contributed by atoms with Crippen molar-refractivity contribution >= 4 is 42.6 Å². The van der Waals surface area contributed by atoms with Crippen LogP contribution in [0.3, 0.4) is 0 Å². The lowest BCUT2D eigenvalue weighted by molar-refractivity contribution is -0.0440. The highest BCUT2D eigenvalue weighted by Gasteiger charge is 2.32. The molecule has 0 spiro atoms. The topological polar surface area (TPSA) is 93.0 Å². The lowest BCUT2D eigenvalue weighted by Crippen LogP contribution is -2.48. The first-order chi connectivity index (χ1) is 17.2. The summed E-state index contributed by atoms with van der Waals surface area (Å²) in [5.74, 6) is 0.327. The van der Waals surface area contributed by atoms with E-state index in [4.69, 9.17) is 9.15 Å². The van der Waals surface area contributed by atoms with Gasteiger partial charge in [-0.1, -0.05) is 17.4 Å². The van der Waals surface area contributed by atoms with Crippen LogP contribution in [-0.4, -0.2) is 48.9 Å². The van der Waals surface area contributed by atoms with E-state index in [1.54, 1.807) is 35.4 Å². The molecule has 5 rings (SSSR count). The van der Waals surface area contributed by atoms with E-state index in [1.165, 1.54) is 27.8 Å². The van der Waals surface area contributed by atoms with Crippen LogP contribution in [0.4, 0.5) is 5.13 Å². The lowest BCUT2D eigenvalue weighted by Gasteiger charge is -2.34. The molecule has 2 atom stereocenters. The fourth-order valence-electron chi connectivity index (χ4n) is 4.32. The number of rotatable bonds is 6. The summed E-state index contributed by atoms with van der Waals surface area (Å²) in [4.78, 5) is 20.0. The molecule has 1 aliphatic heterocycles. The average molecular weight is 526 g/mol. The van der Waals surface area contributed by atoms with Gasteiger partial charge in [0.15, 0.2) is 5.13 Å². The SMILES string of the molecule is Cc1ccc2nc(N(Cc3ccco3)C(=O)c3ccc(S(=O)(=O)N4CC(C)OC(C)C4)cc3)sc2c1. The number of sulfonamides is 1. The quantitative estimate of drug-likeness (QED) is 0.358. The molecule has 188 valence electrons. The Morgan fingerprint density at radius 3 is 2.50 bits per heavy atom. The Morgan fingerprint density at radius 2 is 1.83 bits per heavy atom. The highest BCUT2D eigenvalue weighted by Crippen LogP contribution is 2.32. The number of carbonyl (C=O) groups excluding carboxylic acids is 1. The number of aromatic nitrogens is 1. The summed E-state index contributed by atoms with van der Waals surface area (Å²) in [6.45, 7) is 6.52. The summed E-state index contributed by atoms with van der Waals surface area (Å²) in [5.41, 5.74) is 2.29. The summed E-state index contributed by atoms with van der Waals surface area (Å²) in [6.07, 6.45) is 1.20. The zero-order chi connectivity index (χ0) is 25.4. The zero-order valence-electron chi connectivity index (χ0n) is 20.2. The van der Waals surface area contributed by atoms with Gasteiger partial charge < -0.3 is 9.15 Å². The number of benzene rings is 2. The Kier molecular flexibility index (Phi) is 6.69. The molecular formula is C26H27N3O5S2. The highest BCUT2D eigenvalue weighted by molar-refractivity contribution is 7.89. The minimum Gasteiger partial charge on any atom is -0.467 e. The first-order valence-corrected chi connectivity index (χ1v) is 13.9. The number of thiazole rings is 1. The Labute approximate surface area is 214 Å². The minimum absolute atomic E-state index is 0.147. The molecule has 0 saturated carbocycles. The summed E-state index contributed by atoms with van der Waals surface area (Å²) in [7, 11) is -3.70. The molecule has 1 amide bonds. The number of furan rings is 1. The molecule has 36 heavy (non-hydrogen) atoms. The van der Waals surface area contributed by atoms with Crippen LogP contribution in [0.2, 0.25) is 0 Å². The first kappa shape index (κ1) is 24.6. The van der Waals surface area contributed by atoms with Crippen molar-refractivity contribution in [1.82, 2.24) is 9.29 Å². The molecule has 2 aromatic heterocycles. The number of amides is 1. The van der Waals surface area contributed by atoms with Gasteiger partial charge in [-0.3, -0.25) is 9.69 Å². The molecule has 2 unspecified atom stereocenters. The maximum atomic E-state index is 13.6. The van der Waals surface area contributed by atoms with Gasteiger partial charge in [0.2, 0.25) is 10.0 Å². The van der Waals surface area contributed by atoms with Crippen molar-refractivity contribution < 1.29 is 22.4 Å². The number of fused-ring (bicyclic) bond motifs is 1. The van der Waals surface area contributed by atoms with Gasteiger partial charge in [0.25, 0.3) is 5.91 Å². The van der Waals surface area contributed by atoms with E-state index in [1.807, 2.05) is 39.0 Å². The van der Waals surface area contributed by atoms with Gasteiger partial charge in [-0.05, 0) is 74.9 Å². The Bertz CT molecular complexity index is 1470. The average Bonchev–Trinajstić information content (AvgIpc) is 3.51. The van der Waals surface area contributed by atoms with Gasteiger partial charge in [0.1, 0.15) is 5.76 Å². The second-order valence-electron chi connectivity index (χ2n) is 9.04. The van der Waals surface area contributed by atoms with Crippen molar-refractivity contribution in [2.75, 3.05) is 18.0 Å². The van der Waals surface area contributed by atoms with Gasteiger partial charge in [-0.25, -0.2) is 13.4 Å². The maximum Gasteiger partial charge on any atom is 0.260 e. The molecule has 1 aliphatic rings. The lowest BCUT2D eigenvalue weighted by atomic mass is 10.2. The van der Waals surface area contributed by atoms with Crippen LogP contribution >= 0.6 is 11.3 Å². The predicted octanol–water partition coefficient (Wildman–Crippen LogP) is 4.84. The van der Waals surface area contributed by atoms with Crippen molar-refractivity contribution in [2.24, 2.45) is 0 Å². The molecule has 0 N–H and O–H groups in total. The van der Waals surface area contributed by atoms with Crippen molar-refractivity contribution in [1.29, 1.82) is 0 Å². The van der Waals surface area contributed by atoms with E-state index in [2.05, 4.69) is 4.98 Å². The summed E-state index contributed by atoms with van der Waals surface area (Å²) in [6, 6.07) is 15.6. The number of hydrogen-bond donors (Lipinski definition) is 0.